The van der Waals surface area contributed by atoms with Gasteiger partial charge in [0.05, 0.1) is 5.75 Å². The van der Waals surface area contributed by atoms with E-state index in [2.05, 4.69) is 10.0 Å². The van der Waals surface area contributed by atoms with Crippen molar-refractivity contribution in [2.45, 2.75) is 19.4 Å². The Morgan fingerprint density at radius 3 is 2.72 bits per heavy atom. The van der Waals surface area contributed by atoms with E-state index in [1.807, 2.05) is 37.3 Å². The fraction of sp³-hybridized carbons (Fsp3) is 0.538. The molecule has 1 aromatic rings. The van der Waals surface area contributed by atoms with Crippen molar-refractivity contribution in [1.29, 1.82) is 0 Å². The number of sulfonamides is 1. The molecule has 0 radical (unpaired) electrons. The SMILES string of the molecule is CC(NS(=O)(=O)CC1CCNC1)c1ccccc1. The van der Waals surface area contributed by atoms with Gasteiger partial charge in [-0.2, -0.15) is 0 Å². The van der Waals surface area contributed by atoms with Gasteiger partial charge in [0.2, 0.25) is 10.0 Å². The van der Waals surface area contributed by atoms with Crippen LogP contribution in [0.2, 0.25) is 0 Å². The van der Waals surface area contributed by atoms with E-state index in [1.54, 1.807) is 0 Å². The van der Waals surface area contributed by atoms with Crippen molar-refractivity contribution < 1.29 is 8.42 Å². The zero-order valence-electron chi connectivity index (χ0n) is 10.6. The summed E-state index contributed by atoms with van der Waals surface area (Å²) in [5.74, 6) is 0.461. The highest BCUT2D eigenvalue weighted by Crippen LogP contribution is 2.15. The first-order valence-corrected chi connectivity index (χ1v) is 7.98. The van der Waals surface area contributed by atoms with E-state index >= 15 is 0 Å². The lowest BCUT2D eigenvalue weighted by atomic mass is 10.1. The first-order valence-electron chi connectivity index (χ1n) is 6.32. The summed E-state index contributed by atoms with van der Waals surface area (Å²) in [4.78, 5) is 0. The smallest absolute Gasteiger partial charge is 0.212 e. The highest BCUT2D eigenvalue weighted by Gasteiger charge is 2.23. The maximum atomic E-state index is 12.0. The second-order valence-electron chi connectivity index (χ2n) is 4.89. The summed E-state index contributed by atoms with van der Waals surface area (Å²) in [6, 6.07) is 9.46. The average Bonchev–Trinajstić information content (AvgIpc) is 2.81. The summed E-state index contributed by atoms with van der Waals surface area (Å²) in [6.07, 6.45) is 0.945. The molecule has 1 aliphatic heterocycles. The molecular weight excluding hydrogens is 248 g/mol. The molecule has 1 aliphatic rings. The standard InChI is InChI=1S/C13H20N2O2S/c1-11(13-5-3-2-4-6-13)15-18(16,17)10-12-7-8-14-9-12/h2-6,11-12,14-15H,7-10H2,1H3. The Labute approximate surface area is 109 Å². The van der Waals surface area contributed by atoms with Crippen LogP contribution in [-0.2, 0) is 10.0 Å². The second-order valence-corrected chi connectivity index (χ2v) is 6.69. The lowest BCUT2D eigenvalue weighted by Crippen LogP contribution is -2.32. The lowest BCUT2D eigenvalue weighted by molar-refractivity contribution is 0.545. The molecule has 100 valence electrons. The quantitative estimate of drug-likeness (QED) is 0.845. The Bertz CT molecular complexity index is 467. The van der Waals surface area contributed by atoms with E-state index in [4.69, 9.17) is 0 Å². The zero-order valence-corrected chi connectivity index (χ0v) is 11.4. The minimum atomic E-state index is -3.20. The summed E-state index contributed by atoms with van der Waals surface area (Å²) in [6.45, 7) is 3.61. The first kappa shape index (κ1) is 13.5. The molecular formula is C13H20N2O2S. The Kier molecular flexibility index (Phi) is 4.37. The predicted octanol–water partition coefficient (Wildman–Crippen LogP) is 1.28. The molecule has 1 fully saturated rings. The first-order chi connectivity index (χ1) is 8.57. The zero-order chi connectivity index (χ0) is 13.0. The predicted molar refractivity (Wildman–Crippen MR) is 72.8 cm³/mol. The third kappa shape index (κ3) is 3.80. The second kappa shape index (κ2) is 5.82. The summed E-state index contributed by atoms with van der Waals surface area (Å²) in [5, 5.41) is 3.19. The average molecular weight is 268 g/mol. The molecule has 0 aliphatic carbocycles. The van der Waals surface area contributed by atoms with Crippen LogP contribution in [0.15, 0.2) is 30.3 Å². The van der Waals surface area contributed by atoms with E-state index in [0.717, 1.165) is 25.1 Å². The number of hydrogen-bond acceptors (Lipinski definition) is 3. The minimum absolute atomic E-state index is 0.175. The molecule has 2 rings (SSSR count). The van der Waals surface area contributed by atoms with E-state index in [-0.39, 0.29) is 17.7 Å². The number of hydrogen-bond donors (Lipinski definition) is 2. The Balaban J connectivity index is 1.95. The van der Waals surface area contributed by atoms with Gasteiger partial charge in [-0.3, -0.25) is 0 Å². The van der Waals surface area contributed by atoms with E-state index in [0.29, 0.717) is 0 Å². The van der Waals surface area contributed by atoms with Crippen molar-refractivity contribution >= 4 is 10.0 Å². The van der Waals surface area contributed by atoms with Crippen LogP contribution < -0.4 is 10.0 Å². The van der Waals surface area contributed by atoms with Crippen LogP contribution in [0, 0.1) is 5.92 Å². The van der Waals surface area contributed by atoms with Gasteiger partial charge < -0.3 is 5.32 Å². The summed E-state index contributed by atoms with van der Waals surface area (Å²) in [5.41, 5.74) is 0.991. The monoisotopic (exact) mass is 268 g/mol. The maximum absolute atomic E-state index is 12.0. The molecule has 0 bridgehead atoms. The van der Waals surface area contributed by atoms with Gasteiger partial charge in [0.15, 0.2) is 0 Å². The van der Waals surface area contributed by atoms with Crippen LogP contribution in [0.3, 0.4) is 0 Å². The van der Waals surface area contributed by atoms with Crippen LogP contribution in [0.5, 0.6) is 0 Å². The fourth-order valence-electron chi connectivity index (χ4n) is 2.29. The molecule has 2 unspecified atom stereocenters. The van der Waals surface area contributed by atoms with Gasteiger partial charge in [0.25, 0.3) is 0 Å². The Morgan fingerprint density at radius 2 is 2.11 bits per heavy atom. The Hall–Kier alpha value is -0.910. The van der Waals surface area contributed by atoms with Crippen LogP contribution >= 0.6 is 0 Å². The van der Waals surface area contributed by atoms with E-state index in [1.165, 1.54) is 0 Å². The van der Waals surface area contributed by atoms with Crippen molar-refractivity contribution in [1.82, 2.24) is 10.0 Å². The van der Waals surface area contributed by atoms with Crippen molar-refractivity contribution in [2.24, 2.45) is 5.92 Å². The normalized spacial score (nSPS) is 21.9. The summed E-state index contributed by atoms with van der Waals surface area (Å²) < 4.78 is 26.8. The van der Waals surface area contributed by atoms with Gasteiger partial charge in [-0.1, -0.05) is 30.3 Å². The summed E-state index contributed by atoms with van der Waals surface area (Å²) in [7, 11) is -3.20. The number of benzene rings is 1. The lowest BCUT2D eigenvalue weighted by Gasteiger charge is -2.16. The molecule has 2 N–H and O–H groups in total. The minimum Gasteiger partial charge on any atom is -0.316 e. The molecule has 5 heteroatoms. The number of nitrogens with one attached hydrogen (secondary N) is 2. The van der Waals surface area contributed by atoms with E-state index < -0.39 is 10.0 Å². The van der Waals surface area contributed by atoms with Crippen LogP contribution in [0.4, 0.5) is 0 Å². The molecule has 0 amide bonds. The molecule has 0 aromatic heterocycles. The maximum Gasteiger partial charge on any atom is 0.212 e. The van der Waals surface area contributed by atoms with Crippen LogP contribution in [0.25, 0.3) is 0 Å². The van der Waals surface area contributed by atoms with Gasteiger partial charge >= 0.3 is 0 Å². The topological polar surface area (TPSA) is 58.2 Å². The van der Waals surface area contributed by atoms with Crippen LogP contribution in [0.1, 0.15) is 24.9 Å². The van der Waals surface area contributed by atoms with Gasteiger partial charge in [0.1, 0.15) is 0 Å². The van der Waals surface area contributed by atoms with Crippen molar-refractivity contribution in [2.75, 3.05) is 18.8 Å². The summed E-state index contributed by atoms with van der Waals surface area (Å²) >= 11 is 0. The van der Waals surface area contributed by atoms with Crippen LogP contribution in [-0.4, -0.2) is 27.3 Å². The van der Waals surface area contributed by atoms with Crippen molar-refractivity contribution in [3.8, 4) is 0 Å². The molecule has 1 saturated heterocycles. The van der Waals surface area contributed by atoms with Crippen molar-refractivity contribution in [3.63, 3.8) is 0 Å². The molecule has 1 heterocycles. The molecule has 4 nitrogen and oxygen atoms in total. The Morgan fingerprint density at radius 1 is 1.39 bits per heavy atom. The highest BCUT2D eigenvalue weighted by atomic mass is 32.2. The van der Waals surface area contributed by atoms with Gasteiger partial charge in [-0.15, -0.1) is 0 Å². The fourth-order valence-corrected chi connectivity index (χ4v) is 3.97. The third-order valence-electron chi connectivity index (χ3n) is 3.27. The third-order valence-corrected chi connectivity index (χ3v) is 4.90. The molecule has 0 spiro atoms. The van der Waals surface area contributed by atoms with Gasteiger partial charge in [-0.05, 0) is 37.9 Å². The molecule has 18 heavy (non-hydrogen) atoms. The highest BCUT2D eigenvalue weighted by molar-refractivity contribution is 7.89. The number of rotatable bonds is 5. The van der Waals surface area contributed by atoms with Gasteiger partial charge in [-0.25, -0.2) is 13.1 Å². The molecule has 0 saturated carbocycles. The molecule has 2 atom stereocenters. The molecule has 1 aromatic carbocycles. The van der Waals surface area contributed by atoms with Crippen molar-refractivity contribution in [3.05, 3.63) is 35.9 Å². The van der Waals surface area contributed by atoms with E-state index in [9.17, 15) is 8.42 Å². The largest absolute Gasteiger partial charge is 0.316 e. The van der Waals surface area contributed by atoms with Gasteiger partial charge in [0, 0.05) is 6.04 Å².